The van der Waals surface area contributed by atoms with Crippen LogP contribution in [0, 0.1) is 0 Å². The van der Waals surface area contributed by atoms with Crippen LogP contribution in [0.1, 0.15) is 23.2 Å². The van der Waals surface area contributed by atoms with Crippen molar-refractivity contribution in [2.75, 3.05) is 58.4 Å². The lowest BCUT2D eigenvalue weighted by Crippen LogP contribution is -2.46. The first-order valence-electron chi connectivity index (χ1n) is 11.1. The number of hydrogen-bond acceptors (Lipinski definition) is 7. The third kappa shape index (κ3) is 5.94. The van der Waals surface area contributed by atoms with Crippen LogP contribution in [0.3, 0.4) is 0 Å². The molecule has 1 amide bonds. The van der Waals surface area contributed by atoms with Crippen molar-refractivity contribution in [2.45, 2.75) is 12.8 Å². The van der Waals surface area contributed by atoms with Crippen LogP contribution in [0.25, 0.3) is 10.1 Å². The van der Waals surface area contributed by atoms with Crippen molar-refractivity contribution >= 4 is 61.7 Å². The van der Waals surface area contributed by atoms with E-state index in [1.165, 1.54) is 10.1 Å². The zero-order valence-corrected chi connectivity index (χ0v) is 22.6. The van der Waals surface area contributed by atoms with Crippen LogP contribution in [0.5, 0.6) is 11.5 Å². The fraction of sp³-hybridized carbons (Fsp3) is 0.417. The first-order valence-corrected chi connectivity index (χ1v) is 12.7. The molecular formula is C24H30BrClN4O3S. The van der Waals surface area contributed by atoms with Crippen LogP contribution < -0.4 is 19.7 Å². The highest BCUT2D eigenvalue weighted by molar-refractivity contribution is 9.10. The van der Waals surface area contributed by atoms with Crippen molar-refractivity contribution in [3.63, 3.8) is 0 Å². The van der Waals surface area contributed by atoms with E-state index in [4.69, 9.17) is 13.8 Å². The number of fused-ring (bicyclic) bond motifs is 1. The number of ether oxygens (including phenoxy) is 2. The van der Waals surface area contributed by atoms with Gasteiger partial charge in [0.25, 0.3) is 5.91 Å². The molecule has 2 heterocycles. The van der Waals surface area contributed by atoms with Gasteiger partial charge in [0.15, 0.2) is 0 Å². The van der Waals surface area contributed by atoms with Gasteiger partial charge in [-0.05, 0) is 71.1 Å². The average Bonchev–Trinajstić information content (AvgIpc) is 3.28. The second-order valence-electron chi connectivity index (χ2n) is 7.95. The van der Waals surface area contributed by atoms with Gasteiger partial charge in [-0.2, -0.15) is 4.37 Å². The number of halogens is 2. The monoisotopic (exact) mass is 568 g/mol. The van der Waals surface area contributed by atoms with E-state index in [0.717, 1.165) is 55.9 Å². The molecule has 0 unspecified atom stereocenters. The molecular weight excluding hydrogens is 540 g/mol. The molecule has 0 aliphatic carbocycles. The summed E-state index contributed by atoms with van der Waals surface area (Å²) in [6.07, 6.45) is 1.95. The molecule has 1 aliphatic heterocycles. The third-order valence-electron chi connectivity index (χ3n) is 5.94. The van der Waals surface area contributed by atoms with Gasteiger partial charge in [0.2, 0.25) is 0 Å². The zero-order chi connectivity index (χ0) is 23.2. The highest BCUT2D eigenvalue weighted by atomic mass is 79.9. The summed E-state index contributed by atoms with van der Waals surface area (Å²) in [5.74, 6) is 1.92. The summed E-state index contributed by atoms with van der Waals surface area (Å²) in [5, 5.41) is 4.26. The number of anilines is 1. The van der Waals surface area contributed by atoms with Gasteiger partial charge in [-0.3, -0.25) is 9.69 Å². The second-order valence-corrected chi connectivity index (χ2v) is 9.61. The van der Waals surface area contributed by atoms with E-state index in [-0.39, 0.29) is 18.3 Å². The van der Waals surface area contributed by atoms with E-state index in [1.807, 2.05) is 6.07 Å². The Hall–Kier alpha value is -2.07. The summed E-state index contributed by atoms with van der Waals surface area (Å²) < 4.78 is 17.4. The van der Waals surface area contributed by atoms with Crippen molar-refractivity contribution in [3.05, 3.63) is 46.4 Å². The van der Waals surface area contributed by atoms with Crippen LogP contribution in [0.2, 0.25) is 0 Å². The number of rotatable bonds is 9. The largest absolute Gasteiger partial charge is 0.496 e. The van der Waals surface area contributed by atoms with Gasteiger partial charge in [0.05, 0.1) is 23.4 Å². The summed E-state index contributed by atoms with van der Waals surface area (Å²) in [6.45, 7) is 5.70. The predicted octanol–water partition coefficient (Wildman–Crippen LogP) is 4.83. The van der Waals surface area contributed by atoms with Gasteiger partial charge in [-0.1, -0.05) is 12.1 Å². The lowest BCUT2D eigenvalue weighted by molar-refractivity contribution is 0.0946. The first-order chi connectivity index (χ1) is 16.1. The maximum atomic E-state index is 12.7. The molecule has 0 spiro atoms. The maximum Gasteiger partial charge on any atom is 0.258 e. The fourth-order valence-electron chi connectivity index (χ4n) is 4.16. The Labute approximate surface area is 219 Å². The summed E-state index contributed by atoms with van der Waals surface area (Å²) >= 11 is 5.01. The quantitative estimate of drug-likeness (QED) is 0.373. The molecule has 1 N–H and O–H groups in total. The zero-order valence-electron chi connectivity index (χ0n) is 19.4. The smallest absolute Gasteiger partial charge is 0.258 e. The number of methoxy groups -OCH3 is 2. The number of piperazine rings is 1. The van der Waals surface area contributed by atoms with E-state index in [9.17, 15) is 4.79 Å². The van der Waals surface area contributed by atoms with E-state index >= 15 is 0 Å². The normalized spacial score (nSPS) is 14.0. The number of carbonyl (C=O) groups excluding carboxylic acids is 1. The Morgan fingerprint density at radius 2 is 1.85 bits per heavy atom. The summed E-state index contributed by atoms with van der Waals surface area (Å²) in [5.41, 5.74) is 0.417. The number of nitrogens with zero attached hydrogens (tertiary/aromatic N) is 3. The Kier molecular flexibility index (Phi) is 9.82. The molecule has 2 aromatic carbocycles. The van der Waals surface area contributed by atoms with Gasteiger partial charge in [0.1, 0.15) is 22.9 Å². The molecule has 34 heavy (non-hydrogen) atoms. The van der Waals surface area contributed by atoms with E-state index < -0.39 is 0 Å². The Morgan fingerprint density at radius 1 is 1.09 bits per heavy atom. The molecule has 3 aromatic rings. The summed E-state index contributed by atoms with van der Waals surface area (Å²) in [6, 6.07) is 12.0. The molecule has 1 aliphatic rings. The molecule has 184 valence electrons. The number of aromatic nitrogens is 1. The van der Waals surface area contributed by atoms with Crippen LogP contribution in [0.4, 0.5) is 5.82 Å². The number of carbonyl (C=O) groups is 1. The summed E-state index contributed by atoms with van der Waals surface area (Å²) in [7, 11) is 3.10. The standard InChI is InChI=1S/C24H29BrN4O3S.ClH/c1-31-19-10-9-18(25)22(32-2)21(19)24(30)26-11-5-6-12-28-13-15-29(16-14-28)23-17-7-3-4-8-20(17)33-27-23;/h3-4,7-10H,5-6,11-16H2,1-2H3,(H,26,30);1H. The van der Waals surface area contributed by atoms with Gasteiger partial charge in [-0.25, -0.2) is 0 Å². The molecule has 1 fully saturated rings. The Morgan fingerprint density at radius 3 is 2.59 bits per heavy atom. The number of unbranched alkanes of at least 4 members (excludes halogenated alkanes) is 1. The minimum absolute atomic E-state index is 0. The minimum Gasteiger partial charge on any atom is -0.496 e. The van der Waals surface area contributed by atoms with Crippen LogP contribution >= 0.6 is 39.9 Å². The molecule has 4 rings (SSSR count). The highest BCUT2D eigenvalue weighted by Gasteiger charge is 2.22. The molecule has 0 atom stereocenters. The van der Waals surface area contributed by atoms with Crippen LogP contribution in [-0.2, 0) is 0 Å². The minimum atomic E-state index is -0.186. The SMILES string of the molecule is COc1ccc(Br)c(OC)c1C(=O)NCCCCN1CCN(c2nsc3ccccc23)CC1.Cl. The van der Waals surface area contributed by atoms with Crippen molar-refractivity contribution in [1.29, 1.82) is 0 Å². The van der Waals surface area contributed by atoms with Crippen molar-refractivity contribution < 1.29 is 14.3 Å². The number of nitrogens with one attached hydrogen (secondary N) is 1. The van der Waals surface area contributed by atoms with Gasteiger partial charge in [0, 0.05) is 38.1 Å². The Bertz CT molecular complexity index is 1110. The lowest BCUT2D eigenvalue weighted by atomic mass is 10.1. The van der Waals surface area contributed by atoms with Crippen LogP contribution in [-0.4, -0.2) is 68.7 Å². The molecule has 0 radical (unpaired) electrons. The molecule has 0 saturated carbocycles. The maximum absolute atomic E-state index is 12.7. The molecule has 1 aromatic heterocycles. The van der Waals surface area contributed by atoms with Gasteiger partial charge in [-0.15, -0.1) is 12.4 Å². The first kappa shape index (κ1) is 26.5. The van der Waals surface area contributed by atoms with E-state index in [0.29, 0.717) is 23.6 Å². The fourth-order valence-corrected chi connectivity index (χ4v) is 5.45. The number of amides is 1. The number of benzene rings is 2. The second kappa shape index (κ2) is 12.6. The molecule has 0 bridgehead atoms. The number of hydrogen-bond donors (Lipinski definition) is 1. The van der Waals surface area contributed by atoms with Gasteiger partial charge >= 0.3 is 0 Å². The van der Waals surface area contributed by atoms with Crippen LogP contribution in [0.15, 0.2) is 40.9 Å². The third-order valence-corrected chi connectivity index (χ3v) is 7.38. The molecule has 1 saturated heterocycles. The van der Waals surface area contributed by atoms with Crippen molar-refractivity contribution in [2.24, 2.45) is 0 Å². The highest BCUT2D eigenvalue weighted by Crippen LogP contribution is 2.35. The predicted molar refractivity (Wildman–Crippen MR) is 144 cm³/mol. The Balaban J connectivity index is 0.00000324. The summed E-state index contributed by atoms with van der Waals surface area (Å²) in [4.78, 5) is 17.6. The lowest BCUT2D eigenvalue weighted by Gasteiger charge is -2.35. The topological polar surface area (TPSA) is 66.9 Å². The average molecular weight is 570 g/mol. The van der Waals surface area contributed by atoms with Gasteiger partial charge < -0.3 is 19.7 Å². The van der Waals surface area contributed by atoms with E-state index in [1.54, 1.807) is 31.8 Å². The van der Waals surface area contributed by atoms with Crippen molar-refractivity contribution in [1.82, 2.24) is 14.6 Å². The van der Waals surface area contributed by atoms with Crippen molar-refractivity contribution in [3.8, 4) is 11.5 Å². The van der Waals surface area contributed by atoms with E-state index in [2.05, 4.69) is 55.3 Å². The molecule has 10 heteroatoms. The molecule has 7 nitrogen and oxygen atoms in total.